The van der Waals surface area contributed by atoms with E-state index >= 15 is 0 Å². The maximum absolute atomic E-state index is 12.2. The molecule has 4 rings (SSSR count). The van der Waals surface area contributed by atoms with E-state index in [1.807, 2.05) is 6.07 Å². The van der Waals surface area contributed by atoms with Gasteiger partial charge in [-0.3, -0.25) is 10.1 Å². The zero-order chi connectivity index (χ0) is 24.2. The molecule has 0 amide bonds. The summed E-state index contributed by atoms with van der Waals surface area (Å²) in [7, 11) is 3.01. The van der Waals surface area contributed by atoms with Gasteiger partial charge in [0.05, 0.1) is 31.2 Å². The van der Waals surface area contributed by atoms with Crippen molar-refractivity contribution in [3.05, 3.63) is 94.0 Å². The van der Waals surface area contributed by atoms with Crippen LogP contribution in [0.4, 0.5) is 5.69 Å². The van der Waals surface area contributed by atoms with Crippen LogP contribution in [0.3, 0.4) is 0 Å². The molecular weight excluding hydrogens is 483 g/mol. The van der Waals surface area contributed by atoms with Gasteiger partial charge in [-0.25, -0.2) is 4.31 Å². The first-order valence-electron chi connectivity index (χ1n) is 10.3. The molecule has 0 bridgehead atoms. The van der Waals surface area contributed by atoms with E-state index in [4.69, 9.17) is 14.2 Å². The Bertz CT molecular complexity index is 1200. The van der Waals surface area contributed by atoms with Crippen LogP contribution in [0.5, 0.6) is 11.5 Å². The summed E-state index contributed by atoms with van der Waals surface area (Å²) in [5, 5.41) is 23.8. The van der Waals surface area contributed by atoms with Gasteiger partial charge in [0.1, 0.15) is 22.5 Å². The van der Waals surface area contributed by atoms with Crippen molar-refractivity contribution in [2.24, 2.45) is 0 Å². The number of nitro groups is 1. The molecule has 0 radical (unpaired) electrons. The molecule has 11 heteroatoms. The smallest absolute Gasteiger partial charge is 0.547 e. The van der Waals surface area contributed by atoms with Crippen molar-refractivity contribution in [1.29, 1.82) is 0 Å². The quantitative estimate of drug-likeness (QED) is 0.187. The third-order valence-corrected chi connectivity index (χ3v) is 6.58. The predicted octanol–water partition coefficient (Wildman–Crippen LogP) is 0.514. The van der Waals surface area contributed by atoms with Gasteiger partial charge in [0.25, 0.3) is 5.69 Å². The molecule has 1 heterocycles. The Morgan fingerprint density at radius 2 is 1.71 bits per heavy atom. The fourth-order valence-electron chi connectivity index (χ4n) is 3.85. The molecule has 3 atom stereocenters. The van der Waals surface area contributed by atoms with Crippen LogP contribution >= 0.6 is 11.9 Å². The van der Waals surface area contributed by atoms with E-state index in [1.54, 1.807) is 65.0 Å². The molecule has 0 aromatic heterocycles. The fourth-order valence-corrected chi connectivity index (χ4v) is 5.05. The maximum atomic E-state index is 12.2. The van der Waals surface area contributed by atoms with E-state index in [9.17, 15) is 20.0 Å². The Hall–Kier alpha value is -2.60. The summed E-state index contributed by atoms with van der Waals surface area (Å²) in [4.78, 5) is 23.7. The molecule has 0 spiro atoms. The number of benzene rings is 3. The number of carbonyl (C=O) groups excluding carboxylic acids is 1. The van der Waals surface area contributed by atoms with Crippen molar-refractivity contribution in [1.82, 2.24) is 4.31 Å². The molecule has 1 aliphatic heterocycles. The van der Waals surface area contributed by atoms with Crippen LogP contribution in [-0.2, 0) is 9.53 Å². The predicted molar refractivity (Wildman–Crippen MR) is 122 cm³/mol. The molecule has 1 aliphatic rings. The number of methoxy groups -OCH3 is 2. The second-order valence-electron chi connectivity index (χ2n) is 7.37. The molecule has 3 aromatic rings. The number of carboxylic acids is 1. The molecule has 176 valence electrons. The van der Waals surface area contributed by atoms with Gasteiger partial charge in [0.2, 0.25) is 0 Å². The standard InChI is InChI=1S/C24H22N2O7S.Na/c1-31-16-12-13-17(19(14-16)32-2)23-25(34-20-11-7-6-10-18(20)26(29)30)21(22(33-23)24(27)28)15-8-4-3-5-9-15;/h3-14,21-23H,1-2H3,(H,27,28);/q;+1/p-1. The topological polar surface area (TPSA) is 114 Å². The van der Waals surface area contributed by atoms with Gasteiger partial charge in [-0.2, -0.15) is 0 Å². The van der Waals surface area contributed by atoms with Crippen LogP contribution in [0, 0.1) is 10.1 Å². The van der Waals surface area contributed by atoms with Gasteiger partial charge in [0.15, 0.2) is 6.23 Å². The Morgan fingerprint density at radius 1 is 1.03 bits per heavy atom. The van der Waals surface area contributed by atoms with Crippen molar-refractivity contribution in [3.8, 4) is 11.5 Å². The summed E-state index contributed by atoms with van der Waals surface area (Å²) in [6.45, 7) is 0. The summed E-state index contributed by atoms with van der Waals surface area (Å²) >= 11 is 1.05. The Labute approximate surface area is 228 Å². The van der Waals surface area contributed by atoms with Gasteiger partial charge in [-0.05, 0) is 35.7 Å². The summed E-state index contributed by atoms with van der Waals surface area (Å²) < 4.78 is 18.5. The number of hydrogen-bond acceptors (Lipinski definition) is 9. The summed E-state index contributed by atoms with van der Waals surface area (Å²) in [6.07, 6.45) is -2.26. The molecule has 9 nitrogen and oxygen atoms in total. The largest absolute Gasteiger partial charge is 1.00 e. The maximum Gasteiger partial charge on any atom is 1.00 e. The second-order valence-corrected chi connectivity index (χ2v) is 8.41. The molecular formula is C24H21N2NaO7S. The Morgan fingerprint density at radius 3 is 2.34 bits per heavy atom. The first-order chi connectivity index (χ1) is 16.4. The van der Waals surface area contributed by atoms with E-state index in [-0.39, 0.29) is 35.2 Å². The number of ether oxygens (including phenoxy) is 3. The number of carbonyl (C=O) groups is 1. The molecule has 1 fully saturated rings. The SMILES string of the molecule is COc1ccc(C2OC(C(=O)[O-])C(c3ccccc3)N2Sc2ccccc2[N+](=O)[O-])c(OC)c1.[Na+]. The van der Waals surface area contributed by atoms with Crippen molar-refractivity contribution in [2.45, 2.75) is 23.3 Å². The zero-order valence-electron chi connectivity index (χ0n) is 19.3. The molecule has 35 heavy (non-hydrogen) atoms. The van der Waals surface area contributed by atoms with Crippen LogP contribution in [0.1, 0.15) is 23.4 Å². The van der Waals surface area contributed by atoms with Crippen LogP contribution in [0.25, 0.3) is 0 Å². The molecule has 3 unspecified atom stereocenters. The monoisotopic (exact) mass is 504 g/mol. The fraction of sp³-hybridized carbons (Fsp3) is 0.208. The number of para-hydroxylation sites is 1. The van der Waals surface area contributed by atoms with Gasteiger partial charge >= 0.3 is 29.6 Å². The average molecular weight is 504 g/mol. The van der Waals surface area contributed by atoms with Gasteiger partial charge in [-0.1, -0.05) is 42.5 Å². The molecule has 1 saturated heterocycles. The van der Waals surface area contributed by atoms with E-state index in [0.717, 1.165) is 11.9 Å². The second kappa shape index (κ2) is 11.9. The number of aliphatic carboxylic acids is 1. The van der Waals surface area contributed by atoms with Gasteiger partial charge < -0.3 is 24.1 Å². The minimum Gasteiger partial charge on any atom is -0.547 e. The number of hydrogen-bond donors (Lipinski definition) is 0. The third-order valence-electron chi connectivity index (χ3n) is 5.41. The van der Waals surface area contributed by atoms with Crippen LogP contribution in [-0.4, -0.2) is 35.5 Å². The van der Waals surface area contributed by atoms with Crippen molar-refractivity contribution in [3.63, 3.8) is 0 Å². The Kier molecular flexibility index (Phi) is 9.17. The summed E-state index contributed by atoms with van der Waals surface area (Å²) in [5.41, 5.74) is 1.11. The number of carboxylic acid groups (broad SMARTS) is 1. The molecule has 0 saturated carbocycles. The first-order valence-corrected chi connectivity index (χ1v) is 11.0. The molecule has 0 N–H and O–H groups in total. The van der Waals surface area contributed by atoms with E-state index in [2.05, 4.69) is 0 Å². The van der Waals surface area contributed by atoms with E-state index < -0.39 is 29.3 Å². The van der Waals surface area contributed by atoms with Gasteiger partial charge in [-0.15, -0.1) is 0 Å². The van der Waals surface area contributed by atoms with Gasteiger partial charge in [0, 0.05) is 17.7 Å². The van der Waals surface area contributed by atoms with Crippen molar-refractivity contribution >= 4 is 23.6 Å². The number of nitrogens with zero attached hydrogens (tertiary/aromatic N) is 2. The minimum atomic E-state index is -1.39. The van der Waals surface area contributed by atoms with Crippen LogP contribution in [0.15, 0.2) is 77.7 Å². The molecule has 3 aromatic carbocycles. The van der Waals surface area contributed by atoms with Crippen LogP contribution in [0.2, 0.25) is 0 Å². The van der Waals surface area contributed by atoms with Crippen LogP contribution < -0.4 is 44.1 Å². The normalized spacial score (nSPS) is 19.5. The third kappa shape index (κ3) is 5.64. The zero-order valence-corrected chi connectivity index (χ0v) is 22.1. The number of nitro benzene ring substituents is 1. The number of rotatable bonds is 8. The Balaban J connectivity index is 0.00000342. The minimum absolute atomic E-state index is 0. The van der Waals surface area contributed by atoms with Crippen molar-refractivity contribution in [2.75, 3.05) is 14.2 Å². The van der Waals surface area contributed by atoms with Crippen molar-refractivity contribution < 1.29 is 58.6 Å². The summed E-state index contributed by atoms with van der Waals surface area (Å²) in [6, 6.07) is 19.5. The molecule has 0 aliphatic carbocycles. The first kappa shape index (κ1) is 27.0. The summed E-state index contributed by atoms with van der Waals surface area (Å²) in [5.74, 6) is -0.423. The van der Waals surface area contributed by atoms with E-state index in [1.165, 1.54) is 20.3 Å². The average Bonchev–Trinajstić information content (AvgIpc) is 3.23. The van der Waals surface area contributed by atoms with E-state index in [0.29, 0.717) is 27.5 Å².